The van der Waals surface area contributed by atoms with Crippen LogP contribution in [0.5, 0.6) is 11.8 Å². The third-order valence-electron chi connectivity index (χ3n) is 8.89. The van der Waals surface area contributed by atoms with Crippen molar-refractivity contribution in [3.63, 3.8) is 0 Å². The van der Waals surface area contributed by atoms with E-state index in [4.69, 9.17) is 9.57 Å². The van der Waals surface area contributed by atoms with Gasteiger partial charge in [0.15, 0.2) is 0 Å². The third kappa shape index (κ3) is 23.1. The number of aliphatic hydroxyl groups excluding tert-OH is 2. The predicted octanol–water partition coefficient (Wildman–Crippen LogP) is 8.00. The summed E-state index contributed by atoms with van der Waals surface area (Å²) in [7, 11) is 0. The number of nitrogens with zero attached hydrogens (tertiary/aromatic N) is 2. The van der Waals surface area contributed by atoms with Crippen molar-refractivity contribution in [1.82, 2.24) is 14.9 Å². The van der Waals surface area contributed by atoms with Crippen molar-refractivity contribution in [3.05, 3.63) is 12.1 Å². The van der Waals surface area contributed by atoms with Gasteiger partial charge in [0.1, 0.15) is 11.6 Å². The fraction of sp³-hybridized carbons (Fsp3) is 0.846. The van der Waals surface area contributed by atoms with E-state index in [-0.39, 0.29) is 6.42 Å². The number of amides is 1. The maximum atomic E-state index is 13.0. The summed E-state index contributed by atoms with van der Waals surface area (Å²) in [5.41, 5.74) is -0.777. The predicted molar refractivity (Wildman–Crippen MR) is 199 cm³/mol. The van der Waals surface area contributed by atoms with Gasteiger partial charge in [-0.3, -0.25) is 4.90 Å². The number of nitrogens with one attached hydrogen (secondary N) is 1. The van der Waals surface area contributed by atoms with Crippen molar-refractivity contribution in [2.45, 2.75) is 193 Å². The number of aliphatic hydroxyl groups is 2. The molecule has 50 heavy (non-hydrogen) atoms. The van der Waals surface area contributed by atoms with Crippen LogP contribution in [-0.2, 0) is 9.53 Å². The van der Waals surface area contributed by atoms with Gasteiger partial charge in [0, 0.05) is 25.2 Å². The monoisotopic (exact) mass is 712 g/mol. The molecule has 0 unspecified atom stereocenters. The quantitative estimate of drug-likeness (QED) is 0.0500. The third-order valence-corrected chi connectivity index (χ3v) is 8.89. The van der Waals surface area contributed by atoms with E-state index in [1.807, 2.05) is 0 Å². The highest BCUT2D eigenvalue weighted by Crippen LogP contribution is 2.20. The number of unbranched alkanes of at least 4 members (excludes halogenated alkanes) is 15. The molecule has 0 saturated carbocycles. The number of rotatable bonds is 30. The van der Waals surface area contributed by atoms with E-state index in [1.54, 1.807) is 20.8 Å². The molecule has 0 saturated heterocycles. The molecule has 0 fully saturated rings. The van der Waals surface area contributed by atoms with E-state index in [2.05, 4.69) is 24.1 Å². The van der Waals surface area contributed by atoms with Crippen LogP contribution in [0.2, 0.25) is 0 Å². The Morgan fingerprint density at radius 2 is 1.12 bits per heavy atom. The van der Waals surface area contributed by atoms with E-state index >= 15 is 0 Å². The summed E-state index contributed by atoms with van der Waals surface area (Å²) >= 11 is 0. The lowest BCUT2D eigenvalue weighted by Crippen LogP contribution is -2.46. The summed E-state index contributed by atoms with van der Waals surface area (Å²) in [6, 6.07) is 1.26. The van der Waals surface area contributed by atoms with Crippen molar-refractivity contribution < 1.29 is 39.6 Å². The van der Waals surface area contributed by atoms with Gasteiger partial charge in [-0.25, -0.2) is 9.59 Å². The Morgan fingerprint density at radius 1 is 0.700 bits per heavy atom. The number of carbonyl (C=O) groups is 2. The average Bonchev–Trinajstić information content (AvgIpc) is 3.36. The smallest absolute Gasteiger partial charge is 0.408 e. The summed E-state index contributed by atoms with van der Waals surface area (Å²) in [5.74, 6) is -1.78. The van der Waals surface area contributed by atoms with Crippen LogP contribution in [0.25, 0.3) is 0 Å². The van der Waals surface area contributed by atoms with Gasteiger partial charge in [-0.1, -0.05) is 117 Å². The largest absolute Gasteiger partial charge is 0.492 e. The minimum absolute atomic E-state index is 0.219. The van der Waals surface area contributed by atoms with Gasteiger partial charge >= 0.3 is 12.1 Å². The molecule has 1 amide bonds. The van der Waals surface area contributed by atoms with Crippen molar-refractivity contribution in [2.24, 2.45) is 0 Å². The molecule has 5 N–H and O–H groups in total. The maximum absolute atomic E-state index is 13.0. The average molecular weight is 712 g/mol. The molecule has 0 aliphatic rings. The summed E-state index contributed by atoms with van der Waals surface area (Å²) in [6.45, 7) is 11.2. The molecular weight excluding hydrogens is 638 g/mol. The Kier molecular flexibility index (Phi) is 24.8. The Hall–Kier alpha value is -2.50. The number of aromatic hydroxyl groups is 2. The summed E-state index contributed by atoms with van der Waals surface area (Å²) in [6.07, 6.45) is 20.4. The Morgan fingerprint density at radius 3 is 1.56 bits per heavy atom. The van der Waals surface area contributed by atoms with Gasteiger partial charge in [0.25, 0.3) is 0 Å². The Balaban J connectivity index is 2.72. The van der Waals surface area contributed by atoms with Crippen LogP contribution >= 0.6 is 0 Å². The van der Waals surface area contributed by atoms with Crippen LogP contribution in [0.4, 0.5) is 4.79 Å². The van der Waals surface area contributed by atoms with Crippen LogP contribution < -0.4 is 10.2 Å². The molecule has 1 heterocycles. The molecule has 0 aromatic carbocycles. The first kappa shape index (κ1) is 45.5. The molecule has 0 aliphatic heterocycles. The molecule has 11 nitrogen and oxygen atoms in total. The second-order valence-corrected chi connectivity index (χ2v) is 15.0. The van der Waals surface area contributed by atoms with Crippen LogP contribution in [0.15, 0.2) is 12.1 Å². The van der Waals surface area contributed by atoms with Crippen LogP contribution in [-0.4, -0.2) is 85.6 Å². The maximum Gasteiger partial charge on any atom is 0.408 e. The first-order valence-electron chi connectivity index (χ1n) is 19.8. The molecule has 0 spiro atoms. The summed E-state index contributed by atoms with van der Waals surface area (Å²) in [5, 5.41) is 44.3. The van der Waals surface area contributed by atoms with Gasteiger partial charge < -0.3 is 35.3 Å². The van der Waals surface area contributed by atoms with Crippen molar-refractivity contribution in [3.8, 4) is 11.8 Å². The Bertz CT molecular complexity index is 964. The van der Waals surface area contributed by atoms with Gasteiger partial charge in [0.05, 0.1) is 12.2 Å². The van der Waals surface area contributed by atoms with E-state index < -0.39 is 47.7 Å². The van der Waals surface area contributed by atoms with Crippen molar-refractivity contribution in [1.29, 1.82) is 0 Å². The van der Waals surface area contributed by atoms with E-state index in [0.29, 0.717) is 37.2 Å². The first-order valence-corrected chi connectivity index (χ1v) is 19.8. The molecule has 1 aromatic heterocycles. The van der Waals surface area contributed by atoms with Crippen molar-refractivity contribution >= 4 is 12.1 Å². The number of ether oxygens (including phenoxy) is 1. The zero-order valence-electron chi connectivity index (χ0n) is 32.2. The molecule has 292 valence electrons. The van der Waals surface area contributed by atoms with Crippen molar-refractivity contribution in [2.75, 3.05) is 19.6 Å². The zero-order valence-corrected chi connectivity index (χ0v) is 32.2. The lowest BCUT2D eigenvalue weighted by atomic mass is 10.0. The number of aromatic nitrogens is 1. The number of alkyl carbamates (subject to hydrolysis) is 1. The number of hydrogen-bond acceptors (Lipinski definition) is 9. The standard InChI is InChI=1S/C39H73N3O8/c1-6-8-10-12-14-16-18-20-24-32(43)30-41(31-33(44)25-21-19-17-15-13-11-9-7-2)29-23-22-26-34(40-38(48)49-39(3,4)5)37(47)50-42-35(45)27-28-36(42)46/h27-28,32-34,43-46H,6-26,29-31H2,1-5H3,(H,40,48)/t32-,33-,34-/m0/s1. The Labute approximate surface area is 303 Å². The normalized spacial score (nSPS) is 13.7. The molecule has 0 aliphatic carbocycles. The highest BCUT2D eigenvalue weighted by atomic mass is 16.7. The topological polar surface area (TPSA) is 154 Å². The molecule has 0 radical (unpaired) electrons. The fourth-order valence-electron chi connectivity index (χ4n) is 6.10. The molecule has 0 bridgehead atoms. The van der Waals surface area contributed by atoms with E-state index in [1.165, 1.54) is 89.2 Å². The molecular formula is C39H73N3O8. The number of hydrogen-bond donors (Lipinski definition) is 5. The highest BCUT2D eigenvalue weighted by Gasteiger charge is 2.27. The second kappa shape index (κ2) is 27.2. The molecule has 1 rings (SSSR count). The first-order chi connectivity index (χ1) is 23.9. The van der Waals surface area contributed by atoms with Gasteiger partial charge in [0.2, 0.25) is 11.8 Å². The molecule has 11 heteroatoms. The van der Waals surface area contributed by atoms with Gasteiger partial charge in [-0.05, 0) is 59.4 Å². The van der Waals surface area contributed by atoms with Crippen LogP contribution in [0.3, 0.4) is 0 Å². The van der Waals surface area contributed by atoms with Crippen LogP contribution in [0.1, 0.15) is 169 Å². The van der Waals surface area contributed by atoms with Crippen LogP contribution in [0, 0.1) is 0 Å². The molecule has 1 aromatic rings. The van der Waals surface area contributed by atoms with E-state index in [9.17, 15) is 30.0 Å². The highest BCUT2D eigenvalue weighted by molar-refractivity contribution is 5.81. The fourth-order valence-corrected chi connectivity index (χ4v) is 6.10. The van der Waals surface area contributed by atoms with Gasteiger partial charge in [-0.15, -0.1) is 4.73 Å². The van der Waals surface area contributed by atoms with Gasteiger partial charge in [-0.2, -0.15) is 0 Å². The summed E-state index contributed by atoms with van der Waals surface area (Å²) in [4.78, 5) is 32.9. The summed E-state index contributed by atoms with van der Waals surface area (Å²) < 4.78 is 5.94. The lowest BCUT2D eigenvalue weighted by Gasteiger charge is -2.28. The minimum atomic E-state index is -1.10. The SMILES string of the molecule is CCCCCCCCCC[C@H](O)CN(CCCC[C@H](NC(=O)OC(C)(C)C)C(=O)On1c(O)ccc1O)C[C@@H](O)CCCCCCCCCC. The lowest BCUT2D eigenvalue weighted by molar-refractivity contribution is -0.148. The molecule has 3 atom stereocenters. The van der Waals surface area contributed by atoms with E-state index in [0.717, 1.165) is 38.5 Å². The minimum Gasteiger partial charge on any atom is -0.492 e. The second-order valence-electron chi connectivity index (χ2n) is 15.0. The zero-order chi connectivity index (χ0) is 37.2. The number of carbonyl (C=O) groups excluding carboxylic acids is 2.